The summed E-state index contributed by atoms with van der Waals surface area (Å²) >= 11 is 6.40. The standard InChI is InChI=1S/C23H24ClN3O3/c1-29-20-12-16(18(24)13-21(20)30-2)14-25-27-22(15-8-4-3-5-9-15)26-19-11-7-6-10-17(19)23(27)28/h6-7,10-15H,3-5,8-9H2,1-2H3. The highest BCUT2D eigenvalue weighted by Crippen LogP contribution is 2.33. The van der Waals surface area contributed by atoms with Crippen LogP contribution in [0.25, 0.3) is 10.9 Å². The van der Waals surface area contributed by atoms with Gasteiger partial charge in [-0.05, 0) is 31.0 Å². The summed E-state index contributed by atoms with van der Waals surface area (Å²) in [6.45, 7) is 0. The fourth-order valence-electron chi connectivity index (χ4n) is 3.97. The number of para-hydroxylation sites is 1. The van der Waals surface area contributed by atoms with Crippen LogP contribution in [0, 0.1) is 0 Å². The van der Waals surface area contributed by atoms with Gasteiger partial charge in [0.25, 0.3) is 5.56 Å². The Labute approximate surface area is 180 Å². The fraction of sp³-hybridized carbons (Fsp3) is 0.348. The molecule has 1 saturated carbocycles. The third kappa shape index (κ3) is 3.92. The fourth-order valence-corrected chi connectivity index (χ4v) is 4.17. The van der Waals surface area contributed by atoms with Crippen molar-refractivity contribution in [2.24, 2.45) is 5.10 Å². The Balaban J connectivity index is 1.83. The Hall–Kier alpha value is -2.86. The lowest BCUT2D eigenvalue weighted by molar-refractivity contribution is 0.355. The monoisotopic (exact) mass is 425 g/mol. The maximum Gasteiger partial charge on any atom is 0.282 e. The van der Waals surface area contributed by atoms with Gasteiger partial charge in [-0.2, -0.15) is 9.78 Å². The van der Waals surface area contributed by atoms with Crippen LogP contribution in [-0.4, -0.2) is 30.1 Å². The molecule has 30 heavy (non-hydrogen) atoms. The molecule has 1 aromatic heterocycles. The van der Waals surface area contributed by atoms with Crippen molar-refractivity contribution in [2.45, 2.75) is 38.0 Å². The van der Waals surface area contributed by atoms with Gasteiger partial charge in [-0.25, -0.2) is 4.98 Å². The van der Waals surface area contributed by atoms with Gasteiger partial charge >= 0.3 is 0 Å². The van der Waals surface area contributed by atoms with Gasteiger partial charge < -0.3 is 9.47 Å². The molecule has 6 nitrogen and oxygen atoms in total. The van der Waals surface area contributed by atoms with Crippen molar-refractivity contribution in [3.05, 3.63) is 63.2 Å². The molecule has 156 valence electrons. The summed E-state index contributed by atoms with van der Waals surface area (Å²) in [6.07, 6.45) is 7.10. The van der Waals surface area contributed by atoms with Crippen LogP contribution in [0.3, 0.4) is 0 Å². The third-order valence-corrected chi connectivity index (χ3v) is 5.89. The quantitative estimate of drug-likeness (QED) is 0.540. The summed E-state index contributed by atoms with van der Waals surface area (Å²) in [7, 11) is 3.12. The molecule has 0 N–H and O–H groups in total. The van der Waals surface area contributed by atoms with Crippen LogP contribution in [0.1, 0.15) is 49.4 Å². The van der Waals surface area contributed by atoms with E-state index < -0.39 is 0 Å². The maximum absolute atomic E-state index is 13.3. The molecule has 1 fully saturated rings. The normalized spacial score (nSPS) is 15.0. The molecule has 0 radical (unpaired) electrons. The molecule has 7 heteroatoms. The van der Waals surface area contributed by atoms with E-state index in [0.717, 1.165) is 25.7 Å². The third-order valence-electron chi connectivity index (χ3n) is 5.56. The molecule has 0 bridgehead atoms. The van der Waals surface area contributed by atoms with E-state index in [1.54, 1.807) is 38.6 Å². The highest BCUT2D eigenvalue weighted by atomic mass is 35.5. The summed E-state index contributed by atoms with van der Waals surface area (Å²) in [6, 6.07) is 10.8. The lowest BCUT2D eigenvalue weighted by Crippen LogP contribution is -2.25. The zero-order valence-corrected chi connectivity index (χ0v) is 17.9. The predicted octanol–water partition coefficient (Wildman–Crippen LogP) is 5.00. The molecule has 1 heterocycles. The first-order valence-electron chi connectivity index (χ1n) is 10.1. The maximum atomic E-state index is 13.3. The molecule has 0 spiro atoms. The molecule has 0 amide bonds. The molecule has 2 aromatic carbocycles. The highest BCUT2D eigenvalue weighted by Gasteiger charge is 2.22. The molecule has 4 rings (SSSR count). The lowest BCUT2D eigenvalue weighted by atomic mass is 9.88. The van der Waals surface area contributed by atoms with Crippen molar-refractivity contribution in [3.8, 4) is 11.5 Å². The van der Waals surface area contributed by atoms with Gasteiger partial charge in [-0.1, -0.05) is 43.0 Å². The number of hydrogen-bond donors (Lipinski definition) is 0. The van der Waals surface area contributed by atoms with Crippen molar-refractivity contribution < 1.29 is 9.47 Å². The van der Waals surface area contributed by atoms with Crippen LogP contribution >= 0.6 is 11.6 Å². The van der Waals surface area contributed by atoms with Gasteiger partial charge in [0.2, 0.25) is 0 Å². The molecular weight excluding hydrogens is 402 g/mol. The number of nitrogens with zero attached hydrogens (tertiary/aromatic N) is 3. The molecule has 0 atom stereocenters. The van der Waals surface area contributed by atoms with Gasteiger partial charge in [0.15, 0.2) is 11.5 Å². The Morgan fingerprint density at radius 1 is 1.10 bits per heavy atom. The molecule has 0 saturated heterocycles. The summed E-state index contributed by atoms with van der Waals surface area (Å²) in [5.41, 5.74) is 1.16. The van der Waals surface area contributed by atoms with E-state index in [1.165, 1.54) is 11.1 Å². The molecule has 1 aliphatic rings. The molecule has 0 unspecified atom stereocenters. The lowest BCUT2D eigenvalue weighted by Gasteiger charge is -2.22. The number of fused-ring (bicyclic) bond motifs is 1. The number of halogens is 1. The van der Waals surface area contributed by atoms with Crippen LogP contribution in [0.15, 0.2) is 46.3 Å². The van der Waals surface area contributed by atoms with Crippen LogP contribution < -0.4 is 15.0 Å². The van der Waals surface area contributed by atoms with Gasteiger partial charge in [-0.15, -0.1) is 0 Å². The average molecular weight is 426 g/mol. The minimum absolute atomic E-state index is 0.172. The predicted molar refractivity (Wildman–Crippen MR) is 119 cm³/mol. The molecular formula is C23H24ClN3O3. The zero-order valence-electron chi connectivity index (χ0n) is 17.1. The summed E-state index contributed by atoms with van der Waals surface area (Å²) < 4.78 is 12.1. The Bertz CT molecular complexity index is 1150. The summed E-state index contributed by atoms with van der Waals surface area (Å²) in [5.74, 6) is 2.01. The van der Waals surface area contributed by atoms with E-state index in [9.17, 15) is 4.79 Å². The van der Waals surface area contributed by atoms with E-state index >= 15 is 0 Å². The van der Waals surface area contributed by atoms with E-state index in [0.29, 0.717) is 38.8 Å². The van der Waals surface area contributed by atoms with Gasteiger partial charge in [-0.3, -0.25) is 4.79 Å². The Morgan fingerprint density at radius 3 is 2.53 bits per heavy atom. The van der Waals surface area contributed by atoms with Gasteiger partial charge in [0, 0.05) is 17.5 Å². The van der Waals surface area contributed by atoms with Crippen molar-refractivity contribution in [1.29, 1.82) is 0 Å². The van der Waals surface area contributed by atoms with E-state index in [1.807, 2.05) is 18.2 Å². The number of benzene rings is 2. The Morgan fingerprint density at radius 2 is 1.80 bits per heavy atom. The van der Waals surface area contributed by atoms with Crippen LogP contribution in [0.2, 0.25) is 5.02 Å². The topological polar surface area (TPSA) is 65.7 Å². The first-order chi connectivity index (χ1) is 14.6. The van der Waals surface area contributed by atoms with Crippen LogP contribution in [0.4, 0.5) is 0 Å². The summed E-state index contributed by atoms with van der Waals surface area (Å²) in [5, 5.41) is 5.53. The molecule has 1 aliphatic carbocycles. The van der Waals surface area contributed by atoms with Crippen LogP contribution in [-0.2, 0) is 0 Å². The Kier molecular flexibility index (Phi) is 6.04. The second-order valence-corrected chi connectivity index (χ2v) is 7.82. The van der Waals surface area contributed by atoms with Crippen molar-refractivity contribution >= 4 is 28.7 Å². The van der Waals surface area contributed by atoms with E-state index in [2.05, 4.69) is 5.10 Å². The van der Waals surface area contributed by atoms with Crippen LogP contribution in [0.5, 0.6) is 11.5 Å². The SMILES string of the molecule is COc1cc(Cl)c(C=Nn2c(C3CCCCC3)nc3ccccc3c2=O)cc1OC. The van der Waals surface area contributed by atoms with E-state index in [4.69, 9.17) is 26.1 Å². The minimum Gasteiger partial charge on any atom is -0.493 e. The first kappa shape index (κ1) is 20.4. The first-order valence-corrected chi connectivity index (χ1v) is 10.5. The van der Waals surface area contributed by atoms with Gasteiger partial charge in [0.05, 0.1) is 36.4 Å². The largest absolute Gasteiger partial charge is 0.493 e. The van der Waals surface area contributed by atoms with E-state index in [-0.39, 0.29) is 11.5 Å². The number of methoxy groups -OCH3 is 2. The highest BCUT2D eigenvalue weighted by molar-refractivity contribution is 6.33. The second-order valence-electron chi connectivity index (χ2n) is 7.41. The number of ether oxygens (including phenoxy) is 2. The zero-order chi connectivity index (χ0) is 21.1. The second kappa shape index (κ2) is 8.88. The minimum atomic E-state index is -0.172. The summed E-state index contributed by atoms with van der Waals surface area (Å²) in [4.78, 5) is 18.1. The van der Waals surface area contributed by atoms with Gasteiger partial charge in [0.1, 0.15) is 5.82 Å². The molecule has 0 aliphatic heterocycles. The van der Waals surface area contributed by atoms with Crippen molar-refractivity contribution in [2.75, 3.05) is 14.2 Å². The average Bonchev–Trinajstić information content (AvgIpc) is 2.79. The smallest absolute Gasteiger partial charge is 0.282 e. The van der Waals surface area contributed by atoms with Crippen molar-refractivity contribution in [1.82, 2.24) is 9.66 Å². The number of hydrogen-bond acceptors (Lipinski definition) is 5. The molecule has 3 aromatic rings. The number of aromatic nitrogens is 2. The number of rotatable bonds is 5. The van der Waals surface area contributed by atoms with Crippen molar-refractivity contribution in [3.63, 3.8) is 0 Å².